The van der Waals surface area contributed by atoms with E-state index < -0.39 is 29.8 Å². The van der Waals surface area contributed by atoms with Gasteiger partial charge in [0.05, 0.1) is 12.5 Å². The number of hydrogen-bond donors (Lipinski definition) is 3. The van der Waals surface area contributed by atoms with Crippen molar-refractivity contribution in [2.45, 2.75) is 19.1 Å². The normalized spacial score (nSPS) is 18.7. The quantitative estimate of drug-likeness (QED) is 0.484. The Morgan fingerprint density at radius 2 is 2.00 bits per heavy atom. The summed E-state index contributed by atoms with van der Waals surface area (Å²) in [4.78, 5) is 34.1. The van der Waals surface area contributed by atoms with Crippen LogP contribution in [0.2, 0.25) is 0 Å². The van der Waals surface area contributed by atoms with Gasteiger partial charge in [-0.2, -0.15) is 0 Å². The number of nitrogens with one attached hydrogen (secondary N) is 2. The van der Waals surface area contributed by atoms with Crippen LogP contribution in [0.15, 0.2) is 28.7 Å². The number of benzene rings is 1. The van der Waals surface area contributed by atoms with Gasteiger partial charge in [-0.3, -0.25) is 14.9 Å². The monoisotopic (exact) mass is 369 g/mol. The van der Waals surface area contributed by atoms with Crippen LogP contribution in [0.4, 0.5) is 4.79 Å². The highest BCUT2D eigenvalue weighted by Gasteiger charge is 2.38. The molecule has 1 fully saturated rings. The molecule has 1 aromatic carbocycles. The Morgan fingerprint density at radius 3 is 2.55 bits per heavy atom. The Kier molecular flexibility index (Phi) is 5.51. The first-order valence-electron chi connectivity index (χ1n) is 6.70. The summed E-state index contributed by atoms with van der Waals surface area (Å²) >= 11 is 3.35. The van der Waals surface area contributed by atoms with Crippen molar-refractivity contribution in [3.8, 4) is 0 Å². The van der Waals surface area contributed by atoms with E-state index in [1.165, 1.54) is 0 Å². The smallest absolute Gasteiger partial charge is 0.322 e. The molecule has 7 nitrogen and oxygen atoms in total. The lowest BCUT2D eigenvalue weighted by molar-refractivity contribution is -0.129. The van der Waals surface area contributed by atoms with Gasteiger partial charge in [0.1, 0.15) is 6.04 Å². The van der Waals surface area contributed by atoms with Gasteiger partial charge in [-0.15, -0.1) is 0 Å². The number of ether oxygens (including phenoxy) is 1. The molecule has 4 N–H and O–H groups in total. The third kappa shape index (κ3) is 4.28. The number of halogens is 1. The van der Waals surface area contributed by atoms with E-state index in [1.807, 2.05) is 24.3 Å². The Bertz CT molecular complexity index is 576. The fraction of sp³-hybridized carbons (Fsp3) is 0.357. The molecule has 0 aromatic heterocycles. The van der Waals surface area contributed by atoms with E-state index in [4.69, 9.17) is 10.5 Å². The zero-order valence-electron chi connectivity index (χ0n) is 11.7. The maximum Gasteiger partial charge on any atom is 0.322 e. The fourth-order valence-electron chi connectivity index (χ4n) is 2.17. The predicted molar refractivity (Wildman–Crippen MR) is 81.6 cm³/mol. The van der Waals surface area contributed by atoms with Crippen LogP contribution in [0.3, 0.4) is 0 Å². The van der Waals surface area contributed by atoms with Crippen LogP contribution in [-0.2, 0) is 20.9 Å². The number of hydrogen-bond acceptors (Lipinski definition) is 4. The molecular formula is C14H16BrN3O4. The minimum absolute atomic E-state index is 0.253. The molecule has 0 saturated carbocycles. The summed E-state index contributed by atoms with van der Waals surface area (Å²) in [5.74, 6) is -1.98. The molecule has 0 aliphatic carbocycles. The first-order chi connectivity index (χ1) is 10.5. The molecule has 1 heterocycles. The second-order valence-electron chi connectivity index (χ2n) is 4.92. The summed E-state index contributed by atoms with van der Waals surface area (Å²) in [7, 11) is 0. The molecular weight excluding hydrogens is 354 g/mol. The van der Waals surface area contributed by atoms with Crippen molar-refractivity contribution in [1.29, 1.82) is 0 Å². The van der Waals surface area contributed by atoms with E-state index >= 15 is 0 Å². The summed E-state index contributed by atoms with van der Waals surface area (Å²) in [6.45, 7) is 0.644. The molecule has 1 aliphatic rings. The molecule has 0 spiro atoms. The van der Waals surface area contributed by atoms with Gasteiger partial charge in [0.15, 0.2) is 0 Å². The molecule has 118 valence electrons. The predicted octanol–water partition coefficient (Wildman–Crippen LogP) is 0.665. The number of rotatable bonds is 7. The topological polar surface area (TPSA) is 111 Å². The van der Waals surface area contributed by atoms with Gasteiger partial charge < -0.3 is 15.8 Å². The van der Waals surface area contributed by atoms with Gasteiger partial charge in [0.2, 0.25) is 5.91 Å². The Hall–Kier alpha value is -1.93. The summed E-state index contributed by atoms with van der Waals surface area (Å²) in [5, 5.41) is 4.47. The molecule has 0 bridgehead atoms. The van der Waals surface area contributed by atoms with Crippen LogP contribution in [0, 0.1) is 5.92 Å². The standard InChI is InChI=1S/C14H16BrN3O4/c15-9-3-1-8(2-4-9)7-22-6-5-10(12(16)19)11-13(20)18-14(21)17-11/h1-4,10-11H,5-7H2,(H2,16,19)(H2,17,18,20,21). The number of nitrogens with two attached hydrogens (primary N) is 1. The number of carbonyl (C=O) groups excluding carboxylic acids is 3. The number of carbonyl (C=O) groups is 3. The van der Waals surface area contributed by atoms with Gasteiger partial charge in [-0.1, -0.05) is 28.1 Å². The zero-order chi connectivity index (χ0) is 16.1. The number of amides is 4. The maximum atomic E-state index is 11.6. The van der Waals surface area contributed by atoms with Crippen LogP contribution in [0.1, 0.15) is 12.0 Å². The Morgan fingerprint density at radius 1 is 1.32 bits per heavy atom. The molecule has 1 saturated heterocycles. The second kappa shape index (κ2) is 7.37. The van der Waals surface area contributed by atoms with Crippen LogP contribution in [0.5, 0.6) is 0 Å². The van der Waals surface area contributed by atoms with Crippen molar-refractivity contribution < 1.29 is 19.1 Å². The van der Waals surface area contributed by atoms with E-state index in [0.717, 1.165) is 10.0 Å². The zero-order valence-corrected chi connectivity index (χ0v) is 13.3. The van der Waals surface area contributed by atoms with Crippen LogP contribution in [-0.4, -0.2) is 30.5 Å². The maximum absolute atomic E-state index is 11.6. The van der Waals surface area contributed by atoms with E-state index in [2.05, 4.69) is 26.6 Å². The van der Waals surface area contributed by atoms with Crippen LogP contribution < -0.4 is 16.4 Å². The third-order valence-corrected chi connectivity index (χ3v) is 3.86. The first-order valence-corrected chi connectivity index (χ1v) is 7.49. The van der Waals surface area contributed by atoms with Gasteiger partial charge >= 0.3 is 6.03 Å². The van der Waals surface area contributed by atoms with Crippen molar-refractivity contribution in [3.05, 3.63) is 34.3 Å². The van der Waals surface area contributed by atoms with Gasteiger partial charge in [0, 0.05) is 11.1 Å². The summed E-state index contributed by atoms with van der Waals surface area (Å²) in [5.41, 5.74) is 6.29. The minimum atomic E-state index is -0.929. The minimum Gasteiger partial charge on any atom is -0.377 e. The lowest BCUT2D eigenvalue weighted by atomic mass is 9.96. The molecule has 1 aromatic rings. The van der Waals surface area contributed by atoms with E-state index in [0.29, 0.717) is 6.61 Å². The third-order valence-electron chi connectivity index (χ3n) is 3.33. The highest BCUT2D eigenvalue weighted by atomic mass is 79.9. The number of imide groups is 1. The average Bonchev–Trinajstić information content (AvgIpc) is 2.79. The fourth-order valence-corrected chi connectivity index (χ4v) is 2.43. The molecule has 2 rings (SSSR count). The molecule has 1 aliphatic heterocycles. The molecule has 0 radical (unpaired) electrons. The molecule has 8 heteroatoms. The van der Waals surface area contributed by atoms with Crippen molar-refractivity contribution in [1.82, 2.24) is 10.6 Å². The number of primary amides is 1. The average molecular weight is 370 g/mol. The Labute approximate surface area is 135 Å². The molecule has 4 amide bonds. The van der Waals surface area contributed by atoms with Gasteiger partial charge in [-0.05, 0) is 24.1 Å². The highest BCUT2D eigenvalue weighted by molar-refractivity contribution is 9.10. The van der Waals surface area contributed by atoms with Crippen molar-refractivity contribution in [2.24, 2.45) is 11.7 Å². The van der Waals surface area contributed by atoms with E-state index in [9.17, 15) is 14.4 Å². The highest BCUT2D eigenvalue weighted by Crippen LogP contribution is 2.14. The van der Waals surface area contributed by atoms with Crippen molar-refractivity contribution in [2.75, 3.05) is 6.61 Å². The molecule has 2 atom stereocenters. The summed E-state index contributed by atoms with van der Waals surface area (Å²) < 4.78 is 6.47. The summed E-state index contributed by atoms with van der Waals surface area (Å²) in [6.07, 6.45) is 0.254. The lowest BCUT2D eigenvalue weighted by Gasteiger charge is -2.18. The van der Waals surface area contributed by atoms with Crippen molar-refractivity contribution >= 4 is 33.8 Å². The largest absolute Gasteiger partial charge is 0.377 e. The second-order valence-corrected chi connectivity index (χ2v) is 5.83. The van der Waals surface area contributed by atoms with Crippen molar-refractivity contribution in [3.63, 3.8) is 0 Å². The molecule has 2 unspecified atom stereocenters. The lowest BCUT2D eigenvalue weighted by Crippen LogP contribution is -2.44. The Balaban J connectivity index is 1.82. The SMILES string of the molecule is NC(=O)C(CCOCc1ccc(Br)cc1)C1NC(=O)NC1=O. The van der Waals surface area contributed by atoms with Gasteiger partial charge in [-0.25, -0.2) is 4.79 Å². The van der Waals surface area contributed by atoms with Crippen LogP contribution >= 0.6 is 15.9 Å². The van der Waals surface area contributed by atoms with E-state index in [-0.39, 0.29) is 13.0 Å². The van der Waals surface area contributed by atoms with E-state index in [1.54, 1.807) is 0 Å². The first kappa shape index (κ1) is 16.4. The van der Waals surface area contributed by atoms with Gasteiger partial charge in [0.25, 0.3) is 5.91 Å². The molecule has 22 heavy (non-hydrogen) atoms. The summed E-state index contributed by atoms with van der Waals surface area (Å²) in [6, 6.07) is 6.10. The number of urea groups is 1. The van der Waals surface area contributed by atoms with Crippen LogP contribution in [0.25, 0.3) is 0 Å².